The monoisotopic (exact) mass is 247 g/mol. The largest absolute Gasteiger partial charge is 1.00 e. The Hall–Kier alpha value is -0.970. The molecule has 1 aromatic carbocycles. The Labute approximate surface area is 102 Å². The summed E-state index contributed by atoms with van der Waals surface area (Å²) in [7, 11) is 3.15. The quantitative estimate of drug-likeness (QED) is 0.612. The van der Waals surface area contributed by atoms with Gasteiger partial charge < -0.3 is 32.7 Å². The first-order chi connectivity index (χ1) is 7.10. The van der Waals surface area contributed by atoms with Gasteiger partial charge in [0.2, 0.25) is 0 Å². The van der Waals surface area contributed by atoms with E-state index < -0.39 is 6.10 Å². The van der Waals surface area contributed by atoms with E-state index in [0.717, 1.165) is 5.56 Å². The maximum Gasteiger partial charge on any atom is 0.161 e. The third-order valence-electron chi connectivity index (χ3n) is 2.29. The summed E-state index contributed by atoms with van der Waals surface area (Å²) in [6, 6.07) is 5.29. The lowest BCUT2D eigenvalue weighted by atomic mass is 10.0. The fraction of sp³-hybridized carbons (Fsp3) is 0.455. The van der Waals surface area contributed by atoms with Gasteiger partial charge in [-0.25, -0.2) is 0 Å². The van der Waals surface area contributed by atoms with Crippen molar-refractivity contribution in [3.05, 3.63) is 23.8 Å². The molecule has 2 unspecified atom stereocenters. The number of rotatable bonds is 4. The first kappa shape index (κ1) is 15.0. The average Bonchev–Trinajstić information content (AvgIpc) is 2.26. The number of methoxy groups -OCH3 is 2. The molecule has 16 heavy (non-hydrogen) atoms. The Morgan fingerprint density at radius 2 is 1.75 bits per heavy atom. The molecule has 5 heteroatoms. The fourth-order valence-corrected chi connectivity index (χ4v) is 1.37. The standard InChI is InChI=1S/C11H17NO3.ClH/c1-7(12)11(13)8-4-5-9(14-2)10(6-8)15-3;/h4-7,11,13H,12H2,1-3H3;1H. The molecule has 2 atom stereocenters. The first-order valence-corrected chi connectivity index (χ1v) is 4.83. The van der Waals surface area contributed by atoms with Crippen LogP contribution in [0.25, 0.3) is 0 Å². The number of hydrogen-bond donors (Lipinski definition) is 2. The zero-order valence-corrected chi connectivity index (χ0v) is 10.5. The van der Waals surface area contributed by atoms with Crippen molar-refractivity contribution in [2.45, 2.75) is 19.1 Å². The van der Waals surface area contributed by atoms with Crippen LogP contribution in [0.5, 0.6) is 11.5 Å². The van der Waals surface area contributed by atoms with E-state index in [1.54, 1.807) is 26.4 Å². The Balaban J connectivity index is 0.00000225. The maximum absolute atomic E-state index is 9.82. The van der Waals surface area contributed by atoms with Crippen molar-refractivity contribution < 1.29 is 32.7 Å². The van der Waals surface area contributed by atoms with E-state index in [9.17, 15) is 5.11 Å². The van der Waals surface area contributed by atoms with Crippen LogP contribution in [0.1, 0.15) is 18.6 Å². The van der Waals surface area contributed by atoms with Crippen LogP contribution in [-0.4, -0.2) is 25.4 Å². The van der Waals surface area contributed by atoms with Gasteiger partial charge in [-0.1, -0.05) is 6.07 Å². The Kier molecular flexibility index (Phi) is 6.18. The van der Waals surface area contributed by atoms with Gasteiger partial charge in [0.1, 0.15) is 12.1 Å². The van der Waals surface area contributed by atoms with Gasteiger partial charge in [-0.15, -0.1) is 0 Å². The molecule has 4 nitrogen and oxygen atoms in total. The Bertz CT molecular complexity index is 331. The van der Waals surface area contributed by atoms with E-state index in [2.05, 4.69) is 5.73 Å². The highest BCUT2D eigenvalue weighted by Crippen LogP contribution is 2.30. The molecule has 4 N–H and O–H groups in total. The van der Waals surface area contributed by atoms with Gasteiger partial charge in [0.25, 0.3) is 0 Å². The molecule has 0 fully saturated rings. The number of hydrogen-bond acceptors (Lipinski definition) is 3. The van der Waals surface area contributed by atoms with Gasteiger partial charge in [0, 0.05) is 0 Å². The molecular formula is C11H18ClNO3. The molecule has 0 aliphatic heterocycles. The summed E-state index contributed by atoms with van der Waals surface area (Å²) in [5, 5.41) is 9.82. The van der Waals surface area contributed by atoms with Crippen LogP contribution in [0, 0.1) is 0 Å². The summed E-state index contributed by atoms with van der Waals surface area (Å²) in [5.41, 5.74) is 4.58. The van der Waals surface area contributed by atoms with Gasteiger partial charge in [0.15, 0.2) is 11.5 Å². The van der Waals surface area contributed by atoms with Crippen molar-refractivity contribution in [3.63, 3.8) is 0 Å². The molecule has 0 amide bonds. The van der Waals surface area contributed by atoms with Crippen LogP contribution >= 0.6 is 0 Å². The van der Waals surface area contributed by atoms with Crippen molar-refractivity contribution in [2.75, 3.05) is 14.2 Å². The summed E-state index contributed by atoms with van der Waals surface area (Å²) < 4.78 is 10.3. The van der Waals surface area contributed by atoms with Crippen LogP contribution in [0.4, 0.5) is 0 Å². The lowest BCUT2D eigenvalue weighted by molar-refractivity contribution is -0.433. The van der Waals surface area contributed by atoms with Crippen molar-refractivity contribution in [1.29, 1.82) is 0 Å². The van der Waals surface area contributed by atoms with E-state index >= 15 is 0 Å². The van der Waals surface area contributed by atoms with E-state index in [0.29, 0.717) is 11.5 Å². The summed E-state index contributed by atoms with van der Waals surface area (Å²) in [6.07, 6.45) is -0.579. The number of aliphatic hydroxyl groups excluding tert-OH is 1. The van der Waals surface area contributed by atoms with Crippen molar-refractivity contribution in [1.82, 2.24) is 0 Å². The third-order valence-corrected chi connectivity index (χ3v) is 2.29. The maximum atomic E-state index is 9.82. The second kappa shape index (κ2) is 6.58. The molecule has 0 aromatic heterocycles. The Morgan fingerprint density at radius 1 is 1.19 bits per heavy atom. The van der Waals surface area contributed by atoms with Gasteiger partial charge in [0.05, 0.1) is 14.2 Å². The second-order valence-corrected chi connectivity index (χ2v) is 3.54. The number of ether oxygens (including phenoxy) is 2. The van der Waals surface area contributed by atoms with Gasteiger partial charge >= 0.3 is 0 Å². The van der Waals surface area contributed by atoms with Gasteiger partial charge in [-0.3, -0.25) is 0 Å². The van der Waals surface area contributed by atoms with Crippen molar-refractivity contribution in [2.24, 2.45) is 0 Å². The zero-order chi connectivity index (χ0) is 11.4. The van der Waals surface area contributed by atoms with Crippen molar-refractivity contribution in [3.8, 4) is 11.5 Å². The first-order valence-electron chi connectivity index (χ1n) is 4.83. The van der Waals surface area contributed by atoms with Crippen LogP contribution in [0.3, 0.4) is 0 Å². The number of quaternary nitrogens is 1. The third kappa shape index (κ3) is 3.27. The summed E-state index contributed by atoms with van der Waals surface area (Å²) in [5.74, 6) is 1.28. The SMILES string of the molecule is COc1ccc(C(O)C(C)[NH3+])cc1OC.[Cl-]. The second-order valence-electron chi connectivity index (χ2n) is 3.54. The van der Waals surface area contributed by atoms with E-state index in [-0.39, 0.29) is 18.4 Å². The molecule has 0 aliphatic rings. The number of aliphatic hydroxyl groups is 1. The molecule has 0 saturated heterocycles. The summed E-state index contributed by atoms with van der Waals surface area (Å²) in [4.78, 5) is 0. The average molecular weight is 248 g/mol. The molecule has 0 saturated carbocycles. The fourth-order valence-electron chi connectivity index (χ4n) is 1.37. The predicted octanol–water partition coefficient (Wildman–Crippen LogP) is -2.63. The highest BCUT2D eigenvalue weighted by Gasteiger charge is 2.17. The zero-order valence-electron chi connectivity index (χ0n) is 9.74. The lowest BCUT2D eigenvalue weighted by Gasteiger charge is -2.14. The minimum absolute atomic E-state index is 0. The number of benzene rings is 1. The van der Waals surface area contributed by atoms with Crippen LogP contribution < -0.4 is 27.6 Å². The highest BCUT2D eigenvalue weighted by molar-refractivity contribution is 5.43. The molecule has 0 bridgehead atoms. The van der Waals surface area contributed by atoms with E-state index in [4.69, 9.17) is 9.47 Å². The van der Waals surface area contributed by atoms with E-state index in [1.165, 1.54) is 0 Å². The Morgan fingerprint density at radius 3 is 2.19 bits per heavy atom. The molecule has 0 aliphatic carbocycles. The summed E-state index contributed by atoms with van der Waals surface area (Å²) in [6.45, 7) is 1.86. The molecule has 0 heterocycles. The molecule has 1 rings (SSSR count). The van der Waals surface area contributed by atoms with Gasteiger partial charge in [-0.05, 0) is 24.6 Å². The smallest absolute Gasteiger partial charge is 0.161 e. The van der Waals surface area contributed by atoms with E-state index in [1.807, 2.05) is 13.0 Å². The molecule has 0 spiro atoms. The lowest BCUT2D eigenvalue weighted by Crippen LogP contribution is -3.00. The highest BCUT2D eigenvalue weighted by atomic mass is 35.5. The van der Waals surface area contributed by atoms with Crippen LogP contribution in [-0.2, 0) is 0 Å². The van der Waals surface area contributed by atoms with Crippen LogP contribution in [0.15, 0.2) is 18.2 Å². The normalized spacial score (nSPS) is 13.6. The molecule has 0 radical (unpaired) electrons. The minimum atomic E-state index is -0.579. The topological polar surface area (TPSA) is 66.3 Å². The number of halogens is 1. The summed E-state index contributed by atoms with van der Waals surface area (Å²) >= 11 is 0. The predicted molar refractivity (Wildman–Crippen MR) is 56.9 cm³/mol. The minimum Gasteiger partial charge on any atom is -1.00 e. The van der Waals surface area contributed by atoms with Gasteiger partial charge in [-0.2, -0.15) is 0 Å². The molecule has 1 aromatic rings. The van der Waals surface area contributed by atoms with Crippen molar-refractivity contribution >= 4 is 0 Å². The molecule has 92 valence electrons. The molecular weight excluding hydrogens is 230 g/mol. The van der Waals surface area contributed by atoms with Crippen LogP contribution in [0.2, 0.25) is 0 Å².